The number of nitrogens with one attached hydrogen (secondary N) is 1. The number of hydrogen-bond acceptors (Lipinski definition) is 2. The number of hydrogen-bond donors (Lipinski definition) is 1. The average molecular weight is 230 g/mol. The lowest BCUT2D eigenvalue weighted by molar-refractivity contribution is 0.593. The zero-order valence-electron chi connectivity index (χ0n) is 8.38. The van der Waals surface area contributed by atoms with Gasteiger partial charge in [-0.1, -0.05) is 0 Å². The summed E-state index contributed by atoms with van der Waals surface area (Å²) in [5.74, 6) is 0.940. The molecule has 1 N–H and O–H groups in total. The van der Waals surface area contributed by atoms with Crippen molar-refractivity contribution >= 4 is 23.7 Å². The standard InChI is InChI=1S/C11H15NS.ClH/c1-12-8-4-9-10(7-2-3-7)6-13-11(9)5-8;/h6-8,12H,2-5H2,1H3;1H. The van der Waals surface area contributed by atoms with Crippen LogP contribution in [0.1, 0.15) is 34.8 Å². The number of thiophene rings is 1. The van der Waals surface area contributed by atoms with Crippen molar-refractivity contribution in [1.29, 1.82) is 0 Å². The topological polar surface area (TPSA) is 12.0 Å². The Labute approximate surface area is 95.3 Å². The molecule has 0 bridgehead atoms. The summed E-state index contributed by atoms with van der Waals surface area (Å²) in [7, 11) is 2.08. The lowest BCUT2D eigenvalue weighted by Gasteiger charge is -2.06. The molecular formula is C11H16ClNS. The van der Waals surface area contributed by atoms with Crippen LogP contribution < -0.4 is 5.32 Å². The maximum atomic E-state index is 3.39. The van der Waals surface area contributed by atoms with Crippen molar-refractivity contribution in [3.63, 3.8) is 0 Å². The molecule has 0 amide bonds. The third-order valence-electron chi connectivity index (χ3n) is 3.32. The van der Waals surface area contributed by atoms with E-state index in [2.05, 4.69) is 17.7 Å². The molecule has 1 saturated carbocycles. The Morgan fingerprint density at radius 2 is 2.14 bits per heavy atom. The number of fused-ring (bicyclic) bond motifs is 1. The van der Waals surface area contributed by atoms with E-state index in [0.717, 1.165) is 12.0 Å². The number of rotatable bonds is 2. The molecule has 2 aliphatic rings. The van der Waals surface area contributed by atoms with Gasteiger partial charge in [-0.3, -0.25) is 0 Å². The summed E-state index contributed by atoms with van der Waals surface area (Å²) < 4.78 is 0. The Morgan fingerprint density at radius 3 is 2.79 bits per heavy atom. The molecule has 3 heteroatoms. The molecule has 0 aromatic carbocycles. The van der Waals surface area contributed by atoms with E-state index in [0.29, 0.717) is 0 Å². The van der Waals surface area contributed by atoms with Gasteiger partial charge >= 0.3 is 0 Å². The van der Waals surface area contributed by atoms with E-state index in [1.54, 1.807) is 16.0 Å². The summed E-state index contributed by atoms with van der Waals surface area (Å²) in [6.07, 6.45) is 5.42. The van der Waals surface area contributed by atoms with Crippen LogP contribution in [0.2, 0.25) is 0 Å². The van der Waals surface area contributed by atoms with Crippen molar-refractivity contribution in [1.82, 2.24) is 5.32 Å². The van der Waals surface area contributed by atoms with Crippen LogP contribution in [0.15, 0.2) is 5.38 Å². The van der Waals surface area contributed by atoms with E-state index < -0.39 is 0 Å². The van der Waals surface area contributed by atoms with Crippen molar-refractivity contribution in [3.8, 4) is 0 Å². The van der Waals surface area contributed by atoms with Crippen LogP contribution in [0.5, 0.6) is 0 Å². The van der Waals surface area contributed by atoms with Crippen LogP contribution in [0.4, 0.5) is 0 Å². The quantitative estimate of drug-likeness (QED) is 0.823. The van der Waals surface area contributed by atoms with Crippen LogP contribution in [0.3, 0.4) is 0 Å². The molecule has 14 heavy (non-hydrogen) atoms. The van der Waals surface area contributed by atoms with Crippen molar-refractivity contribution in [2.75, 3.05) is 7.05 Å². The molecule has 0 saturated heterocycles. The minimum absolute atomic E-state index is 0. The van der Waals surface area contributed by atoms with Gasteiger partial charge in [0.2, 0.25) is 0 Å². The summed E-state index contributed by atoms with van der Waals surface area (Å²) >= 11 is 1.99. The van der Waals surface area contributed by atoms with Crippen molar-refractivity contribution in [3.05, 3.63) is 21.4 Å². The maximum absolute atomic E-state index is 3.39. The normalized spacial score (nSPS) is 24.5. The molecule has 78 valence electrons. The molecule has 1 aromatic heterocycles. The average Bonchev–Trinajstić information content (AvgIpc) is 2.78. The van der Waals surface area contributed by atoms with E-state index in [4.69, 9.17) is 0 Å². The van der Waals surface area contributed by atoms with E-state index in [-0.39, 0.29) is 12.4 Å². The van der Waals surface area contributed by atoms with Gasteiger partial charge in [-0.05, 0) is 55.2 Å². The van der Waals surface area contributed by atoms with Gasteiger partial charge in [-0.25, -0.2) is 0 Å². The van der Waals surface area contributed by atoms with Crippen molar-refractivity contribution in [2.24, 2.45) is 0 Å². The van der Waals surface area contributed by atoms with Gasteiger partial charge in [0.25, 0.3) is 0 Å². The molecule has 2 aliphatic carbocycles. The van der Waals surface area contributed by atoms with Gasteiger partial charge < -0.3 is 5.32 Å². The van der Waals surface area contributed by atoms with Crippen molar-refractivity contribution in [2.45, 2.75) is 37.6 Å². The zero-order valence-corrected chi connectivity index (χ0v) is 10.0. The minimum atomic E-state index is 0. The summed E-state index contributed by atoms with van der Waals surface area (Å²) in [6.45, 7) is 0. The lowest BCUT2D eigenvalue weighted by Crippen LogP contribution is -2.25. The Morgan fingerprint density at radius 1 is 1.36 bits per heavy atom. The Bertz CT molecular complexity index is 330. The molecule has 1 atom stereocenters. The molecule has 0 radical (unpaired) electrons. The van der Waals surface area contributed by atoms with Gasteiger partial charge in [0.15, 0.2) is 0 Å². The fourth-order valence-electron chi connectivity index (χ4n) is 2.32. The summed E-state index contributed by atoms with van der Waals surface area (Å²) in [5, 5.41) is 5.80. The summed E-state index contributed by atoms with van der Waals surface area (Å²) in [5.41, 5.74) is 3.39. The van der Waals surface area contributed by atoms with Gasteiger partial charge in [-0.2, -0.15) is 0 Å². The van der Waals surface area contributed by atoms with Crippen LogP contribution in [-0.4, -0.2) is 13.1 Å². The molecule has 1 aromatic rings. The first-order valence-electron chi connectivity index (χ1n) is 5.15. The van der Waals surface area contributed by atoms with Gasteiger partial charge in [0.05, 0.1) is 0 Å². The first-order chi connectivity index (χ1) is 6.38. The molecule has 1 nitrogen and oxygen atoms in total. The van der Waals surface area contributed by atoms with Crippen LogP contribution in [-0.2, 0) is 12.8 Å². The third-order valence-corrected chi connectivity index (χ3v) is 4.39. The molecular weight excluding hydrogens is 214 g/mol. The number of halogens is 1. The Hall–Kier alpha value is -0.0500. The monoisotopic (exact) mass is 229 g/mol. The summed E-state index contributed by atoms with van der Waals surface area (Å²) in [4.78, 5) is 1.65. The number of likely N-dealkylation sites (N-methyl/N-ethyl adjacent to an activating group) is 1. The Kier molecular flexibility index (Phi) is 2.87. The molecule has 1 fully saturated rings. The van der Waals surface area contributed by atoms with Crippen molar-refractivity contribution < 1.29 is 0 Å². The summed E-state index contributed by atoms with van der Waals surface area (Å²) in [6, 6.07) is 0.722. The second-order valence-electron chi connectivity index (χ2n) is 4.26. The van der Waals surface area contributed by atoms with Gasteiger partial charge in [-0.15, -0.1) is 23.7 Å². The molecule has 1 heterocycles. The van der Waals surface area contributed by atoms with Crippen LogP contribution >= 0.6 is 23.7 Å². The van der Waals surface area contributed by atoms with E-state index in [1.807, 2.05) is 11.3 Å². The minimum Gasteiger partial charge on any atom is -0.316 e. The smallest absolute Gasteiger partial charge is 0.0153 e. The molecule has 1 unspecified atom stereocenters. The van der Waals surface area contributed by atoms with Gasteiger partial charge in [0.1, 0.15) is 0 Å². The van der Waals surface area contributed by atoms with E-state index >= 15 is 0 Å². The lowest BCUT2D eigenvalue weighted by atomic mass is 10.1. The van der Waals surface area contributed by atoms with Gasteiger partial charge in [0, 0.05) is 10.9 Å². The fraction of sp³-hybridized carbons (Fsp3) is 0.636. The first kappa shape index (κ1) is 10.5. The second kappa shape index (κ2) is 3.84. The molecule has 0 aliphatic heterocycles. The zero-order chi connectivity index (χ0) is 8.84. The first-order valence-corrected chi connectivity index (χ1v) is 6.03. The highest BCUT2D eigenvalue weighted by atomic mass is 35.5. The molecule has 3 rings (SSSR count). The molecule has 0 spiro atoms. The van der Waals surface area contributed by atoms with E-state index in [9.17, 15) is 0 Å². The highest BCUT2D eigenvalue weighted by molar-refractivity contribution is 7.10. The highest BCUT2D eigenvalue weighted by Gasteiger charge is 2.32. The maximum Gasteiger partial charge on any atom is 0.0153 e. The predicted molar refractivity (Wildman–Crippen MR) is 63.8 cm³/mol. The highest BCUT2D eigenvalue weighted by Crippen LogP contribution is 2.46. The SMILES string of the molecule is CNC1Cc2scc(C3CC3)c2C1.Cl. The largest absolute Gasteiger partial charge is 0.316 e. The fourth-order valence-corrected chi connectivity index (χ4v) is 3.57. The van der Waals surface area contributed by atoms with E-state index in [1.165, 1.54) is 25.7 Å². The third kappa shape index (κ3) is 1.60. The Balaban J connectivity index is 0.000000750. The predicted octanol–water partition coefficient (Wildman–Crippen LogP) is 2.73. The second-order valence-corrected chi connectivity index (χ2v) is 5.23. The van der Waals surface area contributed by atoms with Crippen LogP contribution in [0.25, 0.3) is 0 Å². The van der Waals surface area contributed by atoms with Crippen LogP contribution in [0, 0.1) is 0 Å².